The maximum absolute atomic E-state index is 13.5. The second-order valence-corrected chi connectivity index (χ2v) is 7.52. The Morgan fingerprint density at radius 1 is 1.10 bits per heavy atom. The smallest absolute Gasteiger partial charge is 0.269 e. The molecule has 1 aliphatic rings. The van der Waals surface area contributed by atoms with E-state index in [2.05, 4.69) is 10.3 Å². The first-order chi connectivity index (χ1) is 14.9. The molecule has 0 aliphatic carbocycles. The highest BCUT2D eigenvalue weighted by Crippen LogP contribution is 2.29. The van der Waals surface area contributed by atoms with Crippen LogP contribution < -0.4 is 5.32 Å². The Morgan fingerprint density at radius 3 is 2.68 bits per heavy atom. The van der Waals surface area contributed by atoms with Crippen molar-refractivity contribution in [1.29, 1.82) is 0 Å². The van der Waals surface area contributed by atoms with Crippen molar-refractivity contribution in [2.45, 2.75) is 19.0 Å². The van der Waals surface area contributed by atoms with Gasteiger partial charge in [0.15, 0.2) is 0 Å². The predicted octanol–water partition coefficient (Wildman–Crippen LogP) is 3.85. The summed E-state index contributed by atoms with van der Waals surface area (Å²) in [5.41, 5.74) is 1.72. The Morgan fingerprint density at radius 2 is 1.94 bits per heavy atom. The van der Waals surface area contributed by atoms with Gasteiger partial charge in [0.2, 0.25) is 5.91 Å². The number of hydrogen-bond donors (Lipinski definition) is 1. The Labute approximate surface area is 182 Å². The van der Waals surface area contributed by atoms with Crippen LogP contribution in [0.15, 0.2) is 66.9 Å². The number of aromatic nitrogens is 1. The number of benzene rings is 2. The van der Waals surface area contributed by atoms with E-state index >= 15 is 0 Å². The lowest BCUT2D eigenvalue weighted by Gasteiger charge is -2.28. The number of amides is 2. The minimum absolute atomic E-state index is 0.0213. The number of carbonyl (C=O) groups excluding carboxylic acids is 2. The van der Waals surface area contributed by atoms with Crippen LogP contribution in [0.4, 0.5) is 11.4 Å². The largest absolute Gasteiger partial charge is 0.323 e. The third-order valence-corrected chi connectivity index (χ3v) is 5.25. The van der Waals surface area contributed by atoms with Crippen molar-refractivity contribution >= 4 is 34.8 Å². The van der Waals surface area contributed by atoms with Gasteiger partial charge in [0.05, 0.1) is 16.2 Å². The van der Waals surface area contributed by atoms with Gasteiger partial charge in [0.25, 0.3) is 11.6 Å². The first kappa shape index (κ1) is 20.5. The zero-order valence-corrected chi connectivity index (χ0v) is 17.0. The summed E-state index contributed by atoms with van der Waals surface area (Å²) in [4.78, 5) is 42.9. The number of nitrogens with zero attached hydrogens (tertiary/aromatic N) is 3. The first-order valence-corrected chi connectivity index (χ1v) is 9.85. The van der Waals surface area contributed by atoms with Crippen LogP contribution in [0.25, 0.3) is 0 Å². The highest BCUT2D eigenvalue weighted by molar-refractivity contribution is 6.31. The molecule has 8 nitrogen and oxygen atoms in total. The summed E-state index contributed by atoms with van der Waals surface area (Å²) in [6.07, 6.45) is 1.81. The summed E-state index contributed by atoms with van der Waals surface area (Å²) in [6, 6.07) is 15.2. The predicted molar refractivity (Wildman–Crippen MR) is 115 cm³/mol. The number of hydrogen-bond acceptors (Lipinski definition) is 5. The van der Waals surface area contributed by atoms with Gasteiger partial charge in [-0.15, -0.1) is 0 Å². The lowest BCUT2D eigenvalue weighted by atomic mass is 10.1. The van der Waals surface area contributed by atoms with E-state index in [4.69, 9.17) is 11.6 Å². The molecule has 0 saturated carbocycles. The van der Waals surface area contributed by atoms with Crippen molar-refractivity contribution in [1.82, 2.24) is 9.88 Å². The van der Waals surface area contributed by atoms with Gasteiger partial charge in [0, 0.05) is 42.0 Å². The van der Waals surface area contributed by atoms with Crippen LogP contribution in [0.2, 0.25) is 5.02 Å². The zero-order valence-electron chi connectivity index (χ0n) is 16.2. The Kier molecular flexibility index (Phi) is 5.64. The quantitative estimate of drug-likeness (QED) is 0.483. The van der Waals surface area contributed by atoms with Crippen molar-refractivity contribution in [3.63, 3.8) is 0 Å². The van der Waals surface area contributed by atoms with Crippen molar-refractivity contribution in [2.75, 3.05) is 5.32 Å². The molecule has 0 bridgehead atoms. The molecule has 3 aromatic rings. The number of halogens is 1. The third-order valence-electron chi connectivity index (χ3n) is 5.01. The van der Waals surface area contributed by atoms with Crippen LogP contribution in [0, 0.1) is 10.1 Å². The van der Waals surface area contributed by atoms with Gasteiger partial charge < -0.3 is 10.2 Å². The lowest BCUT2D eigenvalue weighted by Crippen LogP contribution is -2.46. The molecule has 1 aromatic heterocycles. The molecule has 156 valence electrons. The fourth-order valence-corrected chi connectivity index (χ4v) is 3.70. The summed E-state index contributed by atoms with van der Waals surface area (Å²) < 4.78 is 0. The number of non-ortho nitro benzene ring substituents is 1. The molecular weight excluding hydrogens is 420 g/mol. The summed E-state index contributed by atoms with van der Waals surface area (Å²) >= 11 is 6.05. The van der Waals surface area contributed by atoms with Gasteiger partial charge in [0.1, 0.15) is 6.04 Å². The summed E-state index contributed by atoms with van der Waals surface area (Å²) in [5.74, 6) is -0.761. The van der Waals surface area contributed by atoms with E-state index in [0.29, 0.717) is 27.5 Å². The van der Waals surface area contributed by atoms with E-state index < -0.39 is 11.0 Å². The average Bonchev–Trinajstić information content (AvgIpc) is 2.84. The summed E-state index contributed by atoms with van der Waals surface area (Å²) in [6.45, 7) is 0.0213. The molecule has 0 fully saturated rings. The normalized spacial score (nSPS) is 15.8. The maximum atomic E-state index is 13.5. The number of fused-ring (bicyclic) bond motifs is 1. The molecule has 1 atom stereocenters. The van der Waals surface area contributed by atoms with E-state index in [0.717, 1.165) is 0 Å². The Hall–Kier alpha value is -3.78. The minimum Gasteiger partial charge on any atom is -0.323 e. The van der Waals surface area contributed by atoms with Gasteiger partial charge in [-0.3, -0.25) is 24.7 Å². The molecule has 0 radical (unpaired) electrons. The molecule has 2 heterocycles. The number of nitrogens with one attached hydrogen (secondary N) is 1. The molecule has 0 unspecified atom stereocenters. The average molecular weight is 437 g/mol. The molecule has 9 heteroatoms. The number of anilines is 1. The Balaban J connectivity index is 1.76. The van der Waals surface area contributed by atoms with Crippen molar-refractivity contribution in [3.8, 4) is 0 Å². The van der Waals surface area contributed by atoms with Crippen LogP contribution in [-0.4, -0.2) is 32.7 Å². The van der Waals surface area contributed by atoms with E-state index in [1.54, 1.807) is 48.7 Å². The summed E-state index contributed by atoms with van der Waals surface area (Å²) in [7, 11) is 0. The molecule has 2 aromatic carbocycles. The van der Waals surface area contributed by atoms with Crippen LogP contribution >= 0.6 is 11.6 Å². The van der Waals surface area contributed by atoms with E-state index in [9.17, 15) is 19.7 Å². The van der Waals surface area contributed by atoms with Crippen molar-refractivity contribution in [2.24, 2.45) is 0 Å². The zero-order chi connectivity index (χ0) is 22.0. The monoisotopic (exact) mass is 436 g/mol. The second kappa shape index (κ2) is 8.53. The van der Waals surface area contributed by atoms with Crippen LogP contribution in [0.3, 0.4) is 0 Å². The van der Waals surface area contributed by atoms with Crippen molar-refractivity contribution in [3.05, 3.63) is 98.8 Å². The number of nitro groups is 1. The molecular formula is C22H17ClN4O4. The van der Waals surface area contributed by atoms with Crippen LogP contribution in [0.5, 0.6) is 0 Å². The lowest BCUT2D eigenvalue weighted by molar-refractivity contribution is -0.384. The molecule has 1 aliphatic heterocycles. The minimum atomic E-state index is -0.868. The SMILES string of the molecule is O=C1Nc2cc(Cl)ccc2C(=O)N(Cc2cccc([N+](=O)[O-])c2)[C@@H]1Cc1ccccn1. The Bertz CT molecular complexity index is 1170. The number of pyridine rings is 1. The molecule has 31 heavy (non-hydrogen) atoms. The molecule has 2 amide bonds. The van der Waals surface area contributed by atoms with Gasteiger partial charge in [-0.05, 0) is 35.9 Å². The number of rotatable bonds is 5. The highest BCUT2D eigenvalue weighted by Gasteiger charge is 2.36. The van der Waals surface area contributed by atoms with Gasteiger partial charge >= 0.3 is 0 Å². The molecule has 1 N–H and O–H groups in total. The van der Waals surface area contributed by atoms with E-state index in [1.165, 1.54) is 23.1 Å². The highest BCUT2D eigenvalue weighted by atomic mass is 35.5. The van der Waals surface area contributed by atoms with E-state index in [1.807, 2.05) is 0 Å². The van der Waals surface area contributed by atoms with Gasteiger partial charge in [-0.25, -0.2) is 0 Å². The molecule has 0 saturated heterocycles. The molecule has 4 rings (SSSR count). The van der Waals surface area contributed by atoms with Crippen LogP contribution in [0.1, 0.15) is 21.6 Å². The maximum Gasteiger partial charge on any atom is 0.269 e. The number of carbonyl (C=O) groups is 2. The first-order valence-electron chi connectivity index (χ1n) is 9.47. The topological polar surface area (TPSA) is 105 Å². The summed E-state index contributed by atoms with van der Waals surface area (Å²) in [5, 5.41) is 14.3. The standard InChI is InChI=1S/C22H17ClN4O4/c23-15-7-8-18-19(11-15)25-21(28)20(12-16-5-1-2-9-24-16)26(22(18)29)13-14-4-3-6-17(10-14)27(30)31/h1-11,20H,12-13H2,(H,25,28)/t20-/m1/s1. The van der Waals surface area contributed by atoms with Gasteiger partial charge in [-0.1, -0.05) is 29.8 Å². The second-order valence-electron chi connectivity index (χ2n) is 7.08. The molecule has 0 spiro atoms. The van der Waals surface area contributed by atoms with Crippen molar-refractivity contribution < 1.29 is 14.5 Å². The number of nitro benzene ring substituents is 1. The van der Waals surface area contributed by atoms with E-state index in [-0.39, 0.29) is 30.5 Å². The van der Waals surface area contributed by atoms with Gasteiger partial charge in [-0.2, -0.15) is 0 Å². The fraction of sp³-hybridized carbons (Fsp3) is 0.136. The fourth-order valence-electron chi connectivity index (χ4n) is 3.53. The van der Waals surface area contributed by atoms with Crippen LogP contribution in [-0.2, 0) is 17.8 Å². The third kappa shape index (κ3) is 4.39.